The van der Waals surface area contributed by atoms with E-state index in [4.69, 9.17) is 4.98 Å². The highest BCUT2D eigenvalue weighted by Gasteiger charge is 2.09. The smallest absolute Gasteiger partial charge is 0.262 e. The van der Waals surface area contributed by atoms with Crippen molar-refractivity contribution in [2.45, 2.75) is 6.92 Å². The van der Waals surface area contributed by atoms with Crippen LogP contribution in [0.1, 0.15) is 11.1 Å². The molecule has 3 aromatic carbocycles. The molecule has 0 saturated carbocycles. The van der Waals surface area contributed by atoms with Crippen LogP contribution >= 0.6 is 27.3 Å². The Hall–Kier alpha value is -2.76. The van der Waals surface area contributed by atoms with Crippen LogP contribution in [-0.2, 0) is 4.79 Å². The maximum Gasteiger partial charge on any atom is 0.262 e. The lowest BCUT2D eigenvalue weighted by Gasteiger charge is -2.05. The highest BCUT2D eigenvalue weighted by atomic mass is 79.9. The Morgan fingerprint density at radius 3 is 2.54 bits per heavy atom. The SMILES string of the molecule is Cc1ccc2nc(-c3ccc(NC(=O)C(Br)=Cc4ccccc4)cc3)sc2c1. The zero-order chi connectivity index (χ0) is 19.5. The molecule has 1 amide bonds. The Morgan fingerprint density at radius 1 is 1.04 bits per heavy atom. The summed E-state index contributed by atoms with van der Waals surface area (Å²) in [6.07, 6.45) is 1.80. The van der Waals surface area contributed by atoms with Gasteiger partial charge in [0.1, 0.15) is 5.01 Å². The number of aryl methyl sites for hydroxylation is 1. The number of carbonyl (C=O) groups is 1. The van der Waals surface area contributed by atoms with E-state index in [1.54, 1.807) is 17.4 Å². The molecule has 0 radical (unpaired) electrons. The molecule has 5 heteroatoms. The number of aromatic nitrogens is 1. The molecule has 0 fully saturated rings. The molecule has 0 aliphatic carbocycles. The predicted octanol–water partition coefficient (Wildman–Crippen LogP) is 6.65. The van der Waals surface area contributed by atoms with Crippen molar-refractivity contribution in [3.8, 4) is 10.6 Å². The average molecular weight is 449 g/mol. The van der Waals surface area contributed by atoms with E-state index in [-0.39, 0.29) is 5.91 Å². The minimum Gasteiger partial charge on any atom is -0.322 e. The quantitative estimate of drug-likeness (QED) is 0.355. The van der Waals surface area contributed by atoms with Crippen LogP contribution in [-0.4, -0.2) is 10.9 Å². The number of anilines is 1. The van der Waals surface area contributed by atoms with Crippen molar-refractivity contribution in [1.29, 1.82) is 0 Å². The van der Waals surface area contributed by atoms with E-state index >= 15 is 0 Å². The Morgan fingerprint density at radius 2 is 1.79 bits per heavy atom. The van der Waals surface area contributed by atoms with E-state index in [0.717, 1.165) is 27.3 Å². The van der Waals surface area contributed by atoms with Gasteiger partial charge in [-0.25, -0.2) is 4.98 Å². The molecule has 4 aromatic rings. The number of nitrogens with one attached hydrogen (secondary N) is 1. The van der Waals surface area contributed by atoms with Crippen molar-refractivity contribution >= 4 is 55.2 Å². The number of hydrogen-bond donors (Lipinski definition) is 1. The molecule has 0 unspecified atom stereocenters. The van der Waals surface area contributed by atoms with Gasteiger partial charge >= 0.3 is 0 Å². The lowest BCUT2D eigenvalue weighted by Crippen LogP contribution is -2.11. The number of fused-ring (bicyclic) bond motifs is 1. The van der Waals surface area contributed by atoms with Gasteiger partial charge in [0.05, 0.1) is 14.7 Å². The van der Waals surface area contributed by atoms with Gasteiger partial charge in [0.2, 0.25) is 0 Å². The van der Waals surface area contributed by atoms with E-state index in [1.807, 2.05) is 54.6 Å². The van der Waals surface area contributed by atoms with Crippen LogP contribution in [0.15, 0.2) is 77.3 Å². The summed E-state index contributed by atoms with van der Waals surface area (Å²) in [5, 5.41) is 3.88. The third kappa shape index (κ3) is 4.21. The van der Waals surface area contributed by atoms with Crippen molar-refractivity contribution < 1.29 is 4.79 Å². The van der Waals surface area contributed by atoms with Crippen LogP contribution in [0.4, 0.5) is 5.69 Å². The maximum absolute atomic E-state index is 12.4. The Labute approximate surface area is 175 Å². The van der Waals surface area contributed by atoms with Gasteiger partial charge in [-0.15, -0.1) is 11.3 Å². The molecule has 138 valence electrons. The first-order chi connectivity index (χ1) is 13.6. The largest absolute Gasteiger partial charge is 0.322 e. The first-order valence-electron chi connectivity index (χ1n) is 8.80. The van der Waals surface area contributed by atoms with Gasteiger partial charge < -0.3 is 5.32 Å². The van der Waals surface area contributed by atoms with Gasteiger partial charge in [0.25, 0.3) is 5.91 Å². The molecule has 1 heterocycles. The van der Waals surface area contributed by atoms with Gasteiger partial charge in [0.15, 0.2) is 0 Å². The number of rotatable bonds is 4. The molecular formula is C23H17BrN2OS. The molecule has 28 heavy (non-hydrogen) atoms. The van der Waals surface area contributed by atoms with Crippen molar-refractivity contribution in [3.05, 3.63) is 88.4 Å². The summed E-state index contributed by atoms with van der Waals surface area (Å²) in [6.45, 7) is 2.08. The molecule has 3 nitrogen and oxygen atoms in total. The molecular weight excluding hydrogens is 432 g/mol. The fourth-order valence-electron chi connectivity index (χ4n) is 2.80. The topological polar surface area (TPSA) is 42.0 Å². The van der Waals surface area contributed by atoms with Crippen LogP contribution in [0.2, 0.25) is 0 Å². The summed E-state index contributed by atoms with van der Waals surface area (Å²) in [5.41, 5.74) is 4.98. The fourth-order valence-corrected chi connectivity index (χ4v) is 4.24. The summed E-state index contributed by atoms with van der Waals surface area (Å²) in [7, 11) is 0. The number of amides is 1. The molecule has 1 aromatic heterocycles. The van der Waals surface area contributed by atoms with Gasteiger partial charge in [-0.3, -0.25) is 4.79 Å². The van der Waals surface area contributed by atoms with Gasteiger partial charge in [0, 0.05) is 11.3 Å². The van der Waals surface area contributed by atoms with E-state index in [9.17, 15) is 4.79 Å². The van der Waals surface area contributed by atoms with Gasteiger partial charge in [-0.05, 0) is 76.5 Å². The lowest BCUT2D eigenvalue weighted by molar-refractivity contribution is -0.112. The minimum absolute atomic E-state index is 0.188. The number of carbonyl (C=O) groups excluding carboxylic acids is 1. The third-order valence-electron chi connectivity index (χ3n) is 4.24. The summed E-state index contributed by atoms with van der Waals surface area (Å²) < 4.78 is 1.66. The zero-order valence-corrected chi connectivity index (χ0v) is 17.5. The van der Waals surface area contributed by atoms with Gasteiger partial charge in [-0.2, -0.15) is 0 Å². The molecule has 0 bridgehead atoms. The van der Waals surface area contributed by atoms with Gasteiger partial charge in [-0.1, -0.05) is 36.4 Å². The molecule has 4 rings (SSSR count). The average Bonchev–Trinajstić information content (AvgIpc) is 3.12. The summed E-state index contributed by atoms with van der Waals surface area (Å²) in [4.78, 5) is 17.1. The van der Waals surface area contributed by atoms with E-state index in [1.165, 1.54) is 10.3 Å². The molecule has 0 atom stereocenters. The number of benzene rings is 3. The third-order valence-corrected chi connectivity index (χ3v) is 5.90. The standard InChI is InChI=1S/C23H17BrN2OS/c1-15-7-12-20-21(13-15)28-23(26-20)17-8-10-18(11-9-17)25-22(27)19(24)14-16-5-3-2-4-6-16/h2-14H,1H3,(H,25,27). The second-order valence-electron chi connectivity index (χ2n) is 6.42. The molecule has 0 saturated heterocycles. The molecule has 0 aliphatic rings. The highest BCUT2D eigenvalue weighted by Crippen LogP contribution is 2.31. The normalized spacial score (nSPS) is 11.6. The Kier molecular flexibility index (Phi) is 5.37. The molecule has 1 N–H and O–H groups in total. The van der Waals surface area contributed by atoms with Crippen molar-refractivity contribution in [2.75, 3.05) is 5.32 Å². The number of halogens is 1. The molecule has 0 aliphatic heterocycles. The van der Waals surface area contributed by atoms with Crippen LogP contribution in [0, 0.1) is 6.92 Å². The van der Waals surface area contributed by atoms with Crippen molar-refractivity contribution in [3.63, 3.8) is 0 Å². The first kappa shape index (κ1) is 18.6. The summed E-state index contributed by atoms with van der Waals surface area (Å²) in [5.74, 6) is -0.188. The lowest BCUT2D eigenvalue weighted by atomic mass is 10.2. The van der Waals surface area contributed by atoms with E-state index in [2.05, 4.69) is 46.4 Å². The predicted molar refractivity (Wildman–Crippen MR) is 122 cm³/mol. The molecule has 0 spiro atoms. The minimum atomic E-state index is -0.188. The Bertz CT molecular complexity index is 1160. The summed E-state index contributed by atoms with van der Waals surface area (Å²) >= 11 is 5.03. The number of hydrogen-bond acceptors (Lipinski definition) is 3. The second kappa shape index (κ2) is 8.09. The second-order valence-corrected chi connectivity index (χ2v) is 8.31. The maximum atomic E-state index is 12.4. The highest BCUT2D eigenvalue weighted by molar-refractivity contribution is 9.12. The van der Waals surface area contributed by atoms with Crippen LogP contribution in [0.25, 0.3) is 26.9 Å². The Balaban J connectivity index is 1.49. The van der Waals surface area contributed by atoms with E-state index < -0.39 is 0 Å². The van der Waals surface area contributed by atoms with Crippen molar-refractivity contribution in [1.82, 2.24) is 4.98 Å². The van der Waals surface area contributed by atoms with Crippen LogP contribution in [0.5, 0.6) is 0 Å². The monoisotopic (exact) mass is 448 g/mol. The summed E-state index contributed by atoms with van der Waals surface area (Å²) in [6, 6.07) is 23.7. The fraction of sp³-hybridized carbons (Fsp3) is 0.0435. The number of nitrogens with zero attached hydrogens (tertiary/aromatic N) is 1. The number of thiazole rings is 1. The van der Waals surface area contributed by atoms with Crippen LogP contribution < -0.4 is 5.32 Å². The van der Waals surface area contributed by atoms with Crippen LogP contribution in [0.3, 0.4) is 0 Å². The van der Waals surface area contributed by atoms with E-state index in [0.29, 0.717) is 4.48 Å². The van der Waals surface area contributed by atoms with Crippen molar-refractivity contribution in [2.24, 2.45) is 0 Å². The first-order valence-corrected chi connectivity index (χ1v) is 10.4. The zero-order valence-electron chi connectivity index (χ0n) is 15.1.